The van der Waals surface area contributed by atoms with Crippen molar-refractivity contribution in [3.8, 4) is 0 Å². The normalized spacial score (nSPS) is 10.3. The molecule has 0 spiro atoms. The van der Waals surface area contributed by atoms with Crippen LogP contribution in [0.4, 0.5) is 4.39 Å². The molecule has 0 bridgehead atoms. The Morgan fingerprint density at radius 3 is 2.29 bits per heavy atom. The third-order valence-corrected chi connectivity index (χ3v) is 3.89. The molecule has 2 rings (SSSR count). The van der Waals surface area contributed by atoms with Crippen molar-refractivity contribution >= 4 is 23.6 Å². The van der Waals surface area contributed by atoms with Gasteiger partial charge in [0.2, 0.25) is 5.91 Å². The average molecular weight is 305 g/mol. The highest BCUT2D eigenvalue weighted by molar-refractivity contribution is 7.98. The summed E-state index contributed by atoms with van der Waals surface area (Å²) >= 11 is 1.34. The number of benzene rings is 2. The number of hydrogen-bond donors (Lipinski definition) is 2. The first-order valence-electron chi connectivity index (χ1n) is 6.02. The van der Waals surface area contributed by atoms with Crippen LogP contribution in [0, 0.1) is 5.82 Å². The largest absolute Gasteiger partial charge is 0.478 e. The number of rotatable bonds is 5. The van der Waals surface area contributed by atoms with Gasteiger partial charge in [0.25, 0.3) is 0 Å². The van der Waals surface area contributed by atoms with Crippen molar-refractivity contribution in [1.29, 1.82) is 0 Å². The predicted octanol–water partition coefficient (Wildman–Crippen LogP) is 2.92. The number of carbonyl (C=O) groups excluding carboxylic acids is 1. The molecule has 0 heterocycles. The highest BCUT2D eigenvalue weighted by Gasteiger charge is 2.08. The molecule has 0 atom stereocenters. The minimum absolute atomic E-state index is 0.196. The Hall–Kier alpha value is -2.34. The number of hydrogen-bond acceptors (Lipinski definition) is 3. The van der Waals surface area contributed by atoms with E-state index in [4.69, 9.17) is 10.8 Å². The number of primary amides is 1. The van der Waals surface area contributed by atoms with Crippen molar-refractivity contribution in [2.75, 3.05) is 0 Å². The van der Waals surface area contributed by atoms with E-state index in [0.717, 1.165) is 4.90 Å². The zero-order valence-corrected chi connectivity index (χ0v) is 11.7. The van der Waals surface area contributed by atoms with Crippen LogP contribution in [-0.4, -0.2) is 17.0 Å². The highest BCUT2D eigenvalue weighted by Crippen LogP contribution is 2.25. The SMILES string of the molecule is NC(=O)c1ccc(F)c(CSc2ccc(C(=O)O)cc2)c1. The fourth-order valence-corrected chi connectivity index (χ4v) is 2.57. The summed E-state index contributed by atoms with van der Waals surface area (Å²) in [7, 11) is 0. The number of thioether (sulfide) groups is 1. The number of amides is 1. The van der Waals surface area contributed by atoms with Gasteiger partial charge in [-0.3, -0.25) is 4.79 Å². The Bertz CT molecular complexity index is 686. The molecule has 2 aromatic carbocycles. The van der Waals surface area contributed by atoms with Crippen LogP contribution in [0.25, 0.3) is 0 Å². The Balaban J connectivity index is 2.10. The van der Waals surface area contributed by atoms with Crippen LogP contribution < -0.4 is 5.73 Å². The summed E-state index contributed by atoms with van der Waals surface area (Å²) in [6, 6.07) is 10.3. The quantitative estimate of drug-likeness (QED) is 0.832. The lowest BCUT2D eigenvalue weighted by Gasteiger charge is -2.05. The third kappa shape index (κ3) is 3.82. The lowest BCUT2D eigenvalue weighted by Crippen LogP contribution is -2.11. The maximum Gasteiger partial charge on any atom is 0.335 e. The van der Waals surface area contributed by atoms with E-state index < -0.39 is 17.7 Å². The van der Waals surface area contributed by atoms with Gasteiger partial charge < -0.3 is 10.8 Å². The summed E-state index contributed by atoms with van der Waals surface area (Å²) in [5, 5.41) is 8.80. The summed E-state index contributed by atoms with van der Waals surface area (Å²) in [5.74, 6) is -1.69. The number of halogens is 1. The first kappa shape index (κ1) is 15.1. The number of carbonyl (C=O) groups is 2. The van der Waals surface area contributed by atoms with Crippen LogP contribution >= 0.6 is 11.8 Å². The van der Waals surface area contributed by atoms with E-state index >= 15 is 0 Å². The Kier molecular flexibility index (Phi) is 4.59. The molecule has 0 aliphatic heterocycles. The van der Waals surface area contributed by atoms with Crippen LogP contribution in [0.1, 0.15) is 26.3 Å². The Morgan fingerprint density at radius 1 is 1.10 bits per heavy atom. The number of aromatic carboxylic acids is 1. The van der Waals surface area contributed by atoms with Gasteiger partial charge >= 0.3 is 5.97 Å². The lowest BCUT2D eigenvalue weighted by molar-refractivity contribution is 0.0696. The molecule has 4 nitrogen and oxygen atoms in total. The molecule has 2 aromatic rings. The van der Waals surface area contributed by atoms with Crippen molar-refractivity contribution < 1.29 is 19.1 Å². The fraction of sp³-hybridized carbons (Fsp3) is 0.0667. The fourth-order valence-electron chi connectivity index (χ4n) is 1.69. The van der Waals surface area contributed by atoms with E-state index in [2.05, 4.69) is 0 Å². The molecule has 0 fully saturated rings. The smallest absolute Gasteiger partial charge is 0.335 e. The zero-order chi connectivity index (χ0) is 15.4. The molecule has 0 aliphatic carbocycles. The van der Waals surface area contributed by atoms with Crippen LogP contribution in [0.2, 0.25) is 0 Å². The van der Waals surface area contributed by atoms with E-state index in [1.807, 2.05) is 0 Å². The van der Waals surface area contributed by atoms with E-state index in [1.165, 1.54) is 42.1 Å². The standard InChI is InChI=1S/C15H12FNO3S/c16-13-6-3-10(14(17)18)7-11(13)8-21-12-4-1-9(2-5-12)15(19)20/h1-7H,8H2,(H2,17,18)(H,19,20). The summed E-state index contributed by atoms with van der Waals surface area (Å²) in [6.07, 6.45) is 0. The van der Waals surface area contributed by atoms with E-state index in [0.29, 0.717) is 11.3 Å². The van der Waals surface area contributed by atoms with Gasteiger partial charge in [-0.1, -0.05) is 0 Å². The summed E-state index contributed by atoms with van der Waals surface area (Å²) in [4.78, 5) is 22.6. The van der Waals surface area contributed by atoms with Gasteiger partial charge in [0.15, 0.2) is 0 Å². The minimum atomic E-state index is -0.994. The van der Waals surface area contributed by atoms with Crippen molar-refractivity contribution in [2.24, 2.45) is 5.73 Å². The van der Waals surface area contributed by atoms with Crippen LogP contribution in [0.3, 0.4) is 0 Å². The van der Waals surface area contributed by atoms with E-state index in [-0.39, 0.29) is 11.1 Å². The summed E-state index contributed by atoms with van der Waals surface area (Å²) in [6.45, 7) is 0. The number of nitrogens with two attached hydrogens (primary N) is 1. The van der Waals surface area contributed by atoms with Crippen molar-refractivity contribution in [1.82, 2.24) is 0 Å². The first-order chi connectivity index (χ1) is 9.97. The van der Waals surface area contributed by atoms with Crippen LogP contribution in [0.15, 0.2) is 47.4 Å². The zero-order valence-electron chi connectivity index (χ0n) is 10.9. The van der Waals surface area contributed by atoms with Gasteiger partial charge in [0.05, 0.1) is 5.56 Å². The molecule has 0 saturated carbocycles. The molecule has 1 amide bonds. The van der Waals surface area contributed by atoms with Crippen molar-refractivity contribution in [3.05, 3.63) is 65.0 Å². The third-order valence-electron chi connectivity index (χ3n) is 2.83. The number of carboxylic acid groups (broad SMARTS) is 1. The van der Waals surface area contributed by atoms with Crippen LogP contribution in [0.5, 0.6) is 0 Å². The van der Waals surface area contributed by atoms with Gasteiger partial charge in [-0.25, -0.2) is 9.18 Å². The lowest BCUT2D eigenvalue weighted by atomic mass is 10.1. The van der Waals surface area contributed by atoms with Gasteiger partial charge in [0, 0.05) is 16.2 Å². The van der Waals surface area contributed by atoms with Gasteiger partial charge in [0.1, 0.15) is 5.82 Å². The van der Waals surface area contributed by atoms with E-state index in [1.54, 1.807) is 12.1 Å². The Morgan fingerprint density at radius 2 is 1.71 bits per heavy atom. The molecule has 0 aromatic heterocycles. The molecule has 108 valence electrons. The maximum atomic E-state index is 13.7. The monoisotopic (exact) mass is 305 g/mol. The second-order valence-corrected chi connectivity index (χ2v) is 5.34. The first-order valence-corrected chi connectivity index (χ1v) is 7.00. The summed E-state index contributed by atoms with van der Waals surface area (Å²) in [5.41, 5.74) is 5.99. The second kappa shape index (κ2) is 6.41. The molecule has 0 saturated heterocycles. The van der Waals surface area contributed by atoms with E-state index in [9.17, 15) is 14.0 Å². The van der Waals surface area contributed by atoms with Gasteiger partial charge in [-0.15, -0.1) is 11.8 Å². The summed E-state index contributed by atoms with van der Waals surface area (Å²) < 4.78 is 13.7. The Labute approximate surface area is 124 Å². The molecule has 0 radical (unpaired) electrons. The molecule has 0 unspecified atom stereocenters. The average Bonchev–Trinajstić information content (AvgIpc) is 2.46. The minimum Gasteiger partial charge on any atom is -0.478 e. The van der Waals surface area contributed by atoms with Crippen molar-refractivity contribution in [3.63, 3.8) is 0 Å². The molecular formula is C15H12FNO3S. The molecule has 3 N–H and O–H groups in total. The molecular weight excluding hydrogens is 293 g/mol. The molecule has 0 aliphatic rings. The predicted molar refractivity (Wildman–Crippen MR) is 77.9 cm³/mol. The topological polar surface area (TPSA) is 80.4 Å². The van der Waals surface area contributed by atoms with Gasteiger partial charge in [-0.2, -0.15) is 0 Å². The number of carboxylic acids is 1. The molecule has 21 heavy (non-hydrogen) atoms. The highest BCUT2D eigenvalue weighted by atomic mass is 32.2. The van der Waals surface area contributed by atoms with Crippen molar-refractivity contribution in [2.45, 2.75) is 10.6 Å². The molecule has 6 heteroatoms. The van der Waals surface area contributed by atoms with Gasteiger partial charge in [-0.05, 0) is 48.0 Å². The second-order valence-electron chi connectivity index (χ2n) is 4.29. The maximum absolute atomic E-state index is 13.7. The van der Waals surface area contributed by atoms with Crippen LogP contribution in [-0.2, 0) is 5.75 Å².